The minimum atomic E-state index is 0.667. The van der Waals surface area contributed by atoms with Crippen molar-refractivity contribution in [2.24, 2.45) is 5.84 Å². The van der Waals surface area contributed by atoms with Gasteiger partial charge in [0.15, 0.2) is 0 Å². The zero-order chi connectivity index (χ0) is 12.0. The smallest absolute Gasteiger partial charge is 0.144 e. The summed E-state index contributed by atoms with van der Waals surface area (Å²) in [5, 5.41) is 0. The van der Waals surface area contributed by atoms with Crippen LogP contribution in [0, 0.1) is 6.92 Å². The quantitative estimate of drug-likeness (QED) is 0.569. The number of hydrogen-bond acceptors (Lipinski definition) is 6. The number of nitrogens with one attached hydrogen (secondary N) is 1. The minimum absolute atomic E-state index is 0.667. The molecule has 0 spiro atoms. The Bertz CT molecular complexity index is 331. The molecule has 0 aliphatic carbocycles. The monoisotopic (exact) mass is 241 g/mol. The van der Waals surface area contributed by atoms with Gasteiger partial charge in [0.1, 0.15) is 11.6 Å². The van der Waals surface area contributed by atoms with E-state index in [9.17, 15) is 0 Å². The Morgan fingerprint density at radius 2 is 2.25 bits per heavy atom. The van der Waals surface area contributed by atoms with E-state index in [1.807, 2.05) is 24.8 Å². The molecule has 0 aromatic carbocycles. The van der Waals surface area contributed by atoms with Gasteiger partial charge in [-0.05, 0) is 20.2 Å². The Balaban J connectivity index is 2.61. The Labute approximate surface area is 101 Å². The van der Waals surface area contributed by atoms with Gasteiger partial charge in [0.2, 0.25) is 0 Å². The van der Waals surface area contributed by atoms with Gasteiger partial charge < -0.3 is 5.43 Å². The van der Waals surface area contributed by atoms with Gasteiger partial charge >= 0.3 is 0 Å². The van der Waals surface area contributed by atoms with Gasteiger partial charge in [-0.3, -0.25) is 4.90 Å². The van der Waals surface area contributed by atoms with Crippen LogP contribution in [0.2, 0.25) is 0 Å². The third kappa shape index (κ3) is 4.34. The SMILES string of the molecule is CSCCN(C)Cc1nc(C)cc(NN)n1. The fourth-order valence-corrected chi connectivity index (χ4v) is 1.84. The molecule has 0 bridgehead atoms. The molecule has 1 heterocycles. The second kappa shape index (κ2) is 6.67. The number of nitrogens with two attached hydrogens (primary N) is 1. The van der Waals surface area contributed by atoms with Crippen molar-refractivity contribution in [1.29, 1.82) is 0 Å². The highest BCUT2D eigenvalue weighted by molar-refractivity contribution is 7.98. The molecule has 0 aliphatic heterocycles. The van der Waals surface area contributed by atoms with E-state index in [1.165, 1.54) is 0 Å². The van der Waals surface area contributed by atoms with Gasteiger partial charge in [-0.25, -0.2) is 15.8 Å². The summed E-state index contributed by atoms with van der Waals surface area (Å²) in [6, 6.07) is 1.82. The lowest BCUT2D eigenvalue weighted by Gasteiger charge is -2.15. The van der Waals surface area contributed by atoms with Crippen molar-refractivity contribution >= 4 is 17.6 Å². The number of nitrogen functional groups attached to an aromatic ring is 1. The highest BCUT2D eigenvalue weighted by Crippen LogP contribution is 2.06. The highest BCUT2D eigenvalue weighted by Gasteiger charge is 2.05. The van der Waals surface area contributed by atoms with Gasteiger partial charge in [-0.2, -0.15) is 11.8 Å². The average molecular weight is 241 g/mol. The van der Waals surface area contributed by atoms with E-state index in [4.69, 9.17) is 5.84 Å². The lowest BCUT2D eigenvalue weighted by atomic mass is 10.4. The molecular formula is C10H19N5S. The van der Waals surface area contributed by atoms with Crippen molar-refractivity contribution in [1.82, 2.24) is 14.9 Å². The zero-order valence-electron chi connectivity index (χ0n) is 10.0. The topological polar surface area (TPSA) is 67.1 Å². The van der Waals surface area contributed by atoms with Crippen LogP contribution in [0.3, 0.4) is 0 Å². The molecule has 16 heavy (non-hydrogen) atoms. The number of nitrogens with zero attached hydrogens (tertiary/aromatic N) is 3. The van der Waals surface area contributed by atoms with Crippen molar-refractivity contribution in [2.75, 3.05) is 31.0 Å². The molecule has 0 saturated carbocycles. The maximum Gasteiger partial charge on any atom is 0.144 e. The molecule has 3 N–H and O–H groups in total. The summed E-state index contributed by atoms with van der Waals surface area (Å²) < 4.78 is 0. The fourth-order valence-electron chi connectivity index (χ4n) is 1.34. The van der Waals surface area contributed by atoms with E-state index >= 15 is 0 Å². The molecule has 6 heteroatoms. The third-order valence-corrected chi connectivity index (χ3v) is 2.73. The van der Waals surface area contributed by atoms with E-state index < -0.39 is 0 Å². The molecular weight excluding hydrogens is 222 g/mol. The predicted octanol–water partition coefficient (Wildman–Crippen LogP) is 0.865. The third-order valence-electron chi connectivity index (χ3n) is 2.14. The Kier molecular flexibility index (Phi) is 5.51. The number of rotatable bonds is 6. The van der Waals surface area contributed by atoms with E-state index in [1.54, 1.807) is 0 Å². The molecule has 0 aliphatic rings. The van der Waals surface area contributed by atoms with Crippen LogP contribution in [-0.2, 0) is 6.54 Å². The molecule has 1 aromatic rings. The van der Waals surface area contributed by atoms with Crippen LogP contribution in [0.25, 0.3) is 0 Å². The minimum Gasteiger partial charge on any atom is -0.308 e. The van der Waals surface area contributed by atoms with Gasteiger partial charge in [0, 0.05) is 24.1 Å². The van der Waals surface area contributed by atoms with Gasteiger partial charge in [0.05, 0.1) is 6.54 Å². The molecule has 90 valence electrons. The summed E-state index contributed by atoms with van der Waals surface area (Å²) in [6.07, 6.45) is 2.10. The number of anilines is 1. The van der Waals surface area contributed by atoms with Crippen LogP contribution in [0.4, 0.5) is 5.82 Å². The first kappa shape index (κ1) is 13.2. The number of thioether (sulfide) groups is 1. The van der Waals surface area contributed by atoms with Crippen molar-refractivity contribution in [3.8, 4) is 0 Å². The van der Waals surface area contributed by atoms with Crippen LogP contribution in [0.5, 0.6) is 0 Å². The Morgan fingerprint density at radius 1 is 1.50 bits per heavy atom. The van der Waals surface area contributed by atoms with E-state index in [-0.39, 0.29) is 0 Å². The van der Waals surface area contributed by atoms with Crippen LogP contribution in [0.1, 0.15) is 11.5 Å². The van der Waals surface area contributed by atoms with Crippen molar-refractivity contribution < 1.29 is 0 Å². The van der Waals surface area contributed by atoms with Crippen LogP contribution in [0.15, 0.2) is 6.07 Å². The number of hydrogen-bond donors (Lipinski definition) is 2. The number of aromatic nitrogens is 2. The maximum absolute atomic E-state index is 5.34. The van der Waals surface area contributed by atoms with Gasteiger partial charge in [-0.15, -0.1) is 0 Å². The molecule has 1 rings (SSSR count). The average Bonchev–Trinajstić information content (AvgIpc) is 2.25. The number of hydrazine groups is 1. The summed E-state index contributed by atoms with van der Waals surface area (Å²) in [4.78, 5) is 10.9. The van der Waals surface area contributed by atoms with Crippen molar-refractivity contribution in [3.05, 3.63) is 17.6 Å². The molecule has 0 saturated heterocycles. The predicted molar refractivity (Wildman–Crippen MR) is 69.3 cm³/mol. The number of aryl methyl sites for hydroxylation is 1. The molecule has 0 amide bonds. The molecule has 0 radical (unpaired) electrons. The second-order valence-corrected chi connectivity index (χ2v) is 4.67. The summed E-state index contributed by atoms with van der Waals surface area (Å²) in [6.45, 7) is 3.72. The molecule has 0 atom stereocenters. The first-order valence-corrected chi connectivity index (χ1v) is 6.53. The normalized spacial score (nSPS) is 10.8. The molecule has 0 fully saturated rings. The van der Waals surface area contributed by atoms with Gasteiger partial charge in [-0.1, -0.05) is 0 Å². The Hall–Kier alpha value is -0.850. The summed E-state index contributed by atoms with van der Waals surface area (Å²) in [5.74, 6) is 7.93. The summed E-state index contributed by atoms with van der Waals surface area (Å²) in [5.41, 5.74) is 3.48. The molecule has 1 aromatic heterocycles. The lowest BCUT2D eigenvalue weighted by molar-refractivity contribution is 0.339. The molecule has 5 nitrogen and oxygen atoms in total. The standard InChI is InChI=1S/C10H19N5S/c1-8-6-9(14-11)13-10(12-8)7-15(2)4-5-16-3/h6H,4-5,7,11H2,1-3H3,(H,12,13,14). The summed E-state index contributed by atoms with van der Waals surface area (Å²) in [7, 11) is 2.07. The van der Waals surface area contributed by atoms with E-state index in [0.29, 0.717) is 5.82 Å². The fraction of sp³-hybridized carbons (Fsp3) is 0.600. The van der Waals surface area contributed by atoms with Gasteiger partial charge in [0.25, 0.3) is 0 Å². The van der Waals surface area contributed by atoms with Crippen LogP contribution in [-0.4, -0.2) is 40.5 Å². The zero-order valence-corrected chi connectivity index (χ0v) is 10.8. The van der Waals surface area contributed by atoms with E-state index in [0.717, 1.165) is 30.4 Å². The van der Waals surface area contributed by atoms with Crippen LogP contribution < -0.4 is 11.3 Å². The first-order chi connectivity index (χ1) is 7.65. The highest BCUT2D eigenvalue weighted by atomic mass is 32.2. The summed E-state index contributed by atoms with van der Waals surface area (Å²) >= 11 is 1.84. The lowest BCUT2D eigenvalue weighted by Crippen LogP contribution is -2.22. The van der Waals surface area contributed by atoms with Crippen molar-refractivity contribution in [2.45, 2.75) is 13.5 Å². The van der Waals surface area contributed by atoms with Crippen molar-refractivity contribution in [3.63, 3.8) is 0 Å². The van der Waals surface area contributed by atoms with Crippen LogP contribution >= 0.6 is 11.8 Å². The second-order valence-electron chi connectivity index (χ2n) is 3.69. The maximum atomic E-state index is 5.34. The largest absolute Gasteiger partial charge is 0.308 e. The van der Waals surface area contributed by atoms with E-state index in [2.05, 4.69) is 33.6 Å². The Morgan fingerprint density at radius 3 is 2.88 bits per heavy atom. The molecule has 0 unspecified atom stereocenters. The first-order valence-electron chi connectivity index (χ1n) is 5.14.